The average molecular weight is 226 g/mol. The molecule has 1 aromatic rings. The van der Waals surface area contributed by atoms with Crippen molar-refractivity contribution in [2.75, 3.05) is 18.0 Å². The minimum absolute atomic E-state index is 0.525. The Hall–Kier alpha value is -1.02. The number of anilines is 1. The first-order chi connectivity index (χ1) is 7.22. The molecule has 0 aromatic heterocycles. The van der Waals surface area contributed by atoms with E-state index < -0.39 is 0 Å². The van der Waals surface area contributed by atoms with Crippen LogP contribution < -0.4 is 4.90 Å². The van der Waals surface area contributed by atoms with E-state index in [-0.39, 0.29) is 0 Å². The molecule has 0 atom stereocenters. The molecule has 2 nitrogen and oxygen atoms in total. The topological polar surface area (TPSA) is 20.3 Å². The second-order valence-corrected chi connectivity index (χ2v) is 3.81. The molecule has 0 unspecified atom stereocenters. The van der Waals surface area contributed by atoms with Gasteiger partial charge in [0.15, 0.2) is 6.29 Å². The van der Waals surface area contributed by atoms with Gasteiger partial charge in [-0.2, -0.15) is 0 Å². The summed E-state index contributed by atoms with van der Waals surface area (Å²) in [4.78, 5) is 12.8. The standard InChI is InChI=1S/C12H16ClNO/c1-3-7-14(4-2)11-6-5-10(9-15)12(13)8-11/h5-6,8-9H,3-4,7H2,1-2H3. The van der Waals surface area contributed by atoms with Crippen LogP contribution >= 0.6 is 11.6 Å². The third-order valence-electron chi connectivity index (χ3n) is 2.35. The van der Waals surface area contributed by atoms with Crippen LogP contribution in [0.4, 0.5) is 5.69 Å². The summed E-state index contributed by atoms with van der Waals surface area (Å²) in [5, 5.41) is 0.525. The van der Waals surface area contributed by atoms with E-state index in [2.05, 4.69) is 18.7 Å². The molecule has 1 rings (SSSR count). The number of aldehydes is 1. The van der Waals surface area contributed by atoms with Crippen molar-refractivity contribution in [3.63, 3.8) is 0 Å². The number of hydrogen-bond donors (Lipinski definition) is 0. The number of hydrogen-bond acceptors (Lipinski definition) is 2. The summed E-state index contributed by atoms with van der Waals surface area (Å²) >= 11 is 5.97. The molecule has 3 heteroatoms. The first-order valence-electron chi connectivity index (χ1n) is 5.22. The van der Waals surface area contributed by atoms with Crippen molar-refractivity contribution in [2.24, 2.45) is 0 Å². The third kappa shape index (κ3) is 2.96. The number of nitrogens with zero attached hydrogens (tertiary/aromatic N) is 1. The maximum atomic E-state index is 10.6. The molecule has 0 spiro atoms. The molecule has 82 valence electrons. The Morgan fingerprint density at radius 3 is 2.60 bits per heavy atom. The molecule has 0 aliphatic carbocycles. The van der Waals surface area contributed by atoms with Crippen LogP contribution in [0, 0.1) is 0 Å². The van der Waals surface area contributed by atoms with Gasteiger partial charge in [0.2, 0.25) is 0 Å². The normalized spacial score (nSPS) is 10.1. The summed E-state index contributed by atoms with van der Waals surface area (Å²) in [7, 11) is 0. The molecule has 0 aliphatic heterocycles. The lowest BCUT2D eigenvalue weighted by Gasteiger charge is -2.22. The minimum atomic E-state index is 0.525. The molecule has 0 N–H and O–H groups in total. The van der Waals surface area contributed by atoms with Gasteiger partial charge in [-0.3, -0.25) is 4.79 Å². The second-order valence-electron chi connectivity index (χ2n) is 3.40. The zero-order chi connectivity index (χ0) is 11.3. The van der Waals surface area contributed by atoms with Crippen LogP contribution in [0.25, 0.3) is 0 Å². The smallest absolute Gasteiger partial charge is 0.151 e. The van der Waals surface area contributed by atoms with Gasteiger partial charge < -0.3 is 4.90 Å². The van der Waals surface area contributed by atoms with Gasteiger partial charge in [-0.15, -0.1) is 0 Å². The van der Waals surface area contributed by atoms with Crippen LogP contribution in [0.15, 0.2) is 18.2 Å². The van der Waals surface area contributed by atoms with E-state index in [1.165, 1.54) is 0 Å². The van der Waals surface area contributed by atoms with Crippen molar-refractivity contribution in [1.82, 2.24) is 0 Å². The van der Waals surface area contributed by atoms with Crippen molar-refractivity contribution in [3.8, 4) is 0 Å². The highest BCUT2D eigenvalue weighted by molar-refractivity contribution is 6.33. The fourth-order valence-electron chi connectivity index (χ4n) is 1.55. The molecular formula is C12H16ClNO. The van der Waals surface area contributed by atoms with E-state index in [9.17, 15) is 4.79 Å². The Balaban J connectivity index is 2.94. The lowest BCUT2D eigenvalue weighted by atomic mass is 10.2. The predicted molar refractivity (Wildman–Crippen MR) is 65.0 cm³/mol. The van der Waals surface area contributed by atoms with Crippen molar-refractivity contribution >= 4 is 23.6 Å². The molecule has 0 radical (unpaired) electrons. The van der Waals surface area contributed by atoms with E-state index in [1.807, 2.05) is 12.1 Å². The van der Waals surface area contributed by atoms with Gasteiger partial charge in [0.05, 0.1) is 5.02 Å². The molecule has 0 bridgehead atoms. The van der Waals surface area contributed by atoms with Gasteiger partial charge in [-0.05, 0) is 31.5 Å². The van der Waals surface area contributed by atoms with Gasteiger partial charge >= 0.3 is 0 Å². The van der Waals surface area contributed by atoms with Crippen LogP contribution in [-0.2, 0) is 0 Å². The number of benzene rings is 1. The maximum absolute atomic E-state index is 10.6. The maximum Gasteiger partial charge on any atom is 0.151 e. The van der Waals surface area contributed by atoms with Crippen LogP contribution in [0.1, 0.15) is 30.6 Å². The fourth-order valence-corrected chi connectivity index (χ4v) is 1.77. The van der Waals surface area contributed by atoms with Crippen LogP contribution in [0.2, 0.25) is 5.02 Å². The van der Waals surface area contributed by atoms with Crippen LogP contribution in [-0.4, -0.2) is 19.4 Å². The molecular weight excluding hydrogens is 210 g/mol. The van der Waals surface area contributed by atoms with E-state index in [0.29, 0.717) is 10.6 Å². The minimum Gasteiger partial charge on any atom is -0.372 e. The van der Waals surface area contributed by atoms with Crippen molar-refractivity contribution in [3.05, 3.63) is 28.8 Å². The van der Waals surface area contributed by atoms with Crippen molar-refractivity contribution in [2.45, 2.75) is 20.3 Å². The summed E-state index contributed by atoms with van der Waals surface area (Å²) in [6, 6.07) is 5.56. The molecule has 0 saturated heterocycles. The van der Waals surface area contributed by atoms with E-state index >= 15 is 0 Å². The van der Waals surface area contributed by atoms with Gasteiger partial charge in [0, 0.05) is 24.3 Å². The Morgan fingerprint density at radius 2 is 2.13 bits per heavy atom. The molecule has 0 aliphatic rings. The molecule has 0 heterocycles. The van der Waals surface area contributed by atoms with Crippen LogP contribution in [0.3, 0.4) is 0 Å². The van der Waals surface area contributed by atoms with Gasteiger partial charge in [0.25, 0.3) is 0 Å². The molecule has 0 saturated carbocycles. The van der Waals surface area contributed by atoms with E-state index in [4.69, 9.17) is 11.6 Å². The monoisotopic (exact) mass is 225 g/mol. The Kier molecular flexibility index (Phi) is 4.63. The molecule has 1 aromatic carbocycles. The Morgan fingerprint density at radius 1 is 1.40 bits per heavy atom. The summed E-state index contributed by atoms with van der Waals surface area (Å²) < 4.78 is 0. The zero-order valence-electron chi connectivity index (χ0n) is 9.16. The average Bonchev–Trinajstić information content (AvgIpc) is 2.25. The molecule has 0 amide bonds. The number of rotatable bonds is 5. The fraction of sp³-hybridized carbons (Fsp3) is 0.417. The summed E-state index contributed by atoms with van der Waals surface area (Å²) in [5.41, 5.74) is 1.63. The van der Waals surface area contributed by atoms with Crippen LogP contribution in [0.5, 0.6) is 0 Å². The number of carbonyl (C=O) groups is 1. The number of carbonyl (C=O) groups excluding carboxylic acids is 1. The quantitative estimate of drug-likeness (QED) is 0.716. The SMILES string of the molecule is CCCN(CC)c1ccc(C=O)c(Cl)c1. The van der Waals surface area contributed by atoms with Crippen molar-refractivity contribution < 1.29 is 4.79 Å². The third-order valence-corrected chi connectivity index (χ3v) is 2.68. The lowest BCUT2D eigenvalue weighted by Crippen LogP contribution is -2.23. The van der Waals surface area contributed by atoms with Gasteiger partial charge in [-0.1, -0.05) is 18.5 Å². The lowest BCUT2D eigenvalue weighted by molar-refractivity contribution is 0.112. The first-order valence-corrected chi connectivity index (χ1v) is 5.60. The first kappa shape index (κ1) is 12.1. The molecule has 15 heavy (non-hydrogen) atoms. The largest absolute Gasteiger partial charge is 0.372 e. The summed E-state index contributed by atoms with van der Waals surface area (Å²) in [6.07, 6.45) is 1.88. The van der Waals surface area contributed by atoms with Gasteiger partial charge in [0.1, 0.15) is 0 Å². The van der Waals surface area contributed by atoms with E-state index in [1.54, 1.807) is 6.07 Å². The highest BCUT2D eigenvalue weighted by Crippen LogP contribution is 2.22. The van der Waals surface area contributed by atoms with E-state index in [0.717, 1.165) is 31.5 Å². The van der Waals surface area contributed by atoms with Crippen molar-refractivity contribution in [1.29, 1.82) is 0 Å². The Labute approximate surface area is 95.8 Å². The summed E-state index contributed by atoms with van der Waals surface area (Å²) in [5.74, 6) is 0. The highest BCUT2D eigenvalue weighted by atomic mass is 35.5. The predicted octanol–water partition coefficient (Wildman–Crippen LogP) is 3.39. The zero-order valence-corrected chi connectivity index (χ0v) is 9.92. The van der Waals surface area contributed by atoms with Gasteiger partial charge in [-0.25, -0.2) is 0 Å². The highest BCUT2D eigenvalue weighted by Gasteiger charge is 2.05. The summed E-state index contributed by atoms with van der Waals surface area (Å²) in [6.45, 7) is 6.21. The molecule has 0 fully saturated rings. The Bertz CT molecular complexity index is 338. The second kappa shape index (κ2) is 5.76. The number of halogens is 1.